The fourth-order valence-electron chi connectivity index (χ4n) is 3.71. The quantitative estimate of drug-likeness (QED) is 0.862. The lowest BCUT2D eigenvalue weighted by Crippen LogP contribution is -2.49. The molecule has 2 aliphatic rings. The topological polar surface area (TPSA) is 15.3 Å². The van der Waals surface area contributed by atoms with E-state index in [0.717, 1.165) is 19.0 Å². The third kappa shape index (κ3) is 3.67. The average Bonchev–Trinajstić information content (AvgIpc) is 3.32. The summed E-state index contributed by atoms with van der Waals surface area (Å²) in [6, 6.07) is 11.9. The predicted octanol–water partition coefficient (Wildman–Crippen LogP) is 3.43. The van der Waals surface area contributed by atoms with Gasteiger partial charge in [-0.05, 0) is 64.1 Å². The normalized spacial score (nSPS) is 21.9. The van der Waals surface area contributed by atoms with Gasteiger partial charge in [-0.15, -0.1) is 0 Å². The van der Waals surface area contributed by atoms with Crippen LogP contribution in [0.1, 0.15) is 45.1 Å². The first kappa shape index (κ1) is 15.1. The van der Waals surface area contributed by atoms with Gasteiger partial charge in [0.1, 0.15) is 0 Å². The molecule has 116 valence electrons. The van der Waals surface area contributed by atoms with E-state index in [1.54, 1.807) is 5.56 Å². The second-order valence-electron chi connectivity index (χ2n) is 7.36. The third-order valence-corrected chi connectivity index (χ3v) is 5.37. The molecule has 1 aliphatic carbocycles. The summed E-state index contributed by atoms with van der Waals surface area (Å²) < 4.78 is 0. The zero-order valence-corrected chi connectivity index (χ0v) is 13.6. The molecular weight excluding hydrogens is 256 g/mol. The van der Waals surface area contributed by atoms with Crippen LogP contribution in [0.5, 0.6) is 0 Å². The molecule has 2 fully saturated rings. The van der Waals surface area contributed by atoms with Crippen molar-refractivity contribution in [2.24, 2.45) is 5.92 Å². The van der Waals surface area contributed by atoms with Gasteiger partial charge in [-0.3, -0.25) is 4.90 Å². The molecule has 21 heavy (non-hydrogen) atoms. The van der Waals surface area contributed by atoms with Gasteiger partial charge in [-0.2, -0.15) is 0 Å². The summed E-state index contributed by atoms with van der Waals surface area (Å²) in [5, 5.41) is 3.55. The minimum atomic E-state index is 0.353. The maximum absolute atomic E-state index is 3.55. The Morgan fingerprint density at radius 2 is 1.81 bits per heavy atom. The SMILES string of the molecule is CC(C)N(CC1CC1)CC1(c2ccccc2)CCNCC1. The smallest absolute Gasteiger partial charge is 0.0104 e. The van der Waals surface area contributed by atoms with Gasteiger partial charge in [0.2, 0.25) is 0 Å². The number of piperidine rings is 1. The maximum Gasteiger partial charge on any atom is 0.0104 e. The summed E-state index contributed by atoms with van der Waals surface area (Å²) in [5.41, 5.74) is 1.90. The zero-order chi connectivity index (χ0) is 14.7. The molecule has 0 aromatic heterocycles. The van der Waals surface area contributed by atoms with Crippen LogP contribution < -0.4 is 5.32 Å². The first-order valence-electron chi connectivity index (χ1n) is 8.70. The van der Waals surface area contributed by atoms with Gasteiger partial charge in [0.25, 0.3) is 0 Å². The van der Waals surface area contributed by atoms with Gasteiger partial charge in [-0.1, -0.05) is 30.3 Å². The van der Waals surface area contributed by atoms with E-state index in [-0.39, 0.29) is 0 Å². The van der Waals surface area contributed by atoms with Gasteiger partial charge in [0, 0.05) is 24.5 Å². The largest absolute Gasteiger partial charge is 0.317 e. The lowest BCUT2D eigenvalue weighted by Gasteiger charge is -2.43. The first-order chi connectivity index (χ1) is 10.2. The van der Waals surface area contributed by atoms with E-state index in [0.29, 0.717) is 11.5 Å². The molecule has 1 aromatic carbocycles. The van der Waals surface area contributed by atoms with E-state index < -0.39 is 0 Å². The van der Waals surface area contributed by atoms with Crippen LogP contribution in [0.25, 0.3) is 0 Å². The Morgan fingerprint density at radius 1 is 1.14 bits per heavy atom. The molecule has 0 bridgehead atoms. The minimum absolute atomic E-state index is 0.353. The van der Waals surface area contributed by atoms with Gasteiger partial charge in [-0.25, -0.2) is 0 Å². The van der Waals surface area contributed by atoms with Crippen LogP contribution in [-0.4, -0.2) is 37.1 Å². The summed E-state index contributed by atoms with van der Waals surface area (Å²) in [5.74, 6) is 0.974. The van der Waals surface area contributed by atoms with E-state index in [9.17, 15) is 0 Å². The Bertz CT molecular complexity index is 430. The summed E-state index contributed by atoms with van der Waals surface area (Å²) in [6.07, 6.45) is 5.43. The van der Waals surface area contributed by atoms with E-state index in [4.69, 9.17) is 0 Å². The van der Waals surface area contributed by atoms with E-state index >= 15 is 0 Å². The lowest BCUT2D eigenvalue weighted by molar-refractivity contribution is 0.138. The summed E-state index contributed by atoms with van der Waals surface area (Å²) in [4.78, 5) is 2.75. The lowest BCUT2D eigenvalue weighted by atomic mass is 9.72. The summed E-state index contributed by atoms with van der Waals surface area (Å²) >= 11 is 0. The maximum atomic E-state index is 3.55. The van der Waals surface area contributed by atoms with Crippen molar-refractivity contribution in [1.82, 2.24) is 10.2 Å². The highest BCUT2D eigenvalue weighted by atomic mass is 15.2. The number of benzene rings is 1. The number of nitrogens with zero attached hydrogens (tertiary/aromatic N) is 1. The van der Waals surface area contributed by atoms with E-state index in [1.807, 2.05) is 0 Å². The highest BCUT2D eigenvalue weighted by Gasteiger charge is 2.37. The highest BCUT2D eigenvalue weighted by Crippen LogP contribution is 2.37. The van der Waals surface area contributed by atoms with Crippen LogP contribution in [0.4, 0.5) is 0 Å². The highest BCUT2D eigenvalue weighted by molar-refractivity contribution is 5.27. The second kappa shape index (κ2) is 6.50. The fourth-order valence-corrected chi connectivity index (χ4v) is 3.71. The molecule has 2 heteroatoms. The van der Waals surface area contributed by atoms with Gasteiger partial charge in [0.05, 0.1) is 0 Å². The van der Waals surface area contributed by atoms with Crippen LogP contribution in [0, 0.1) is 5.92 Å². The Balaban J connectivity index is 1.80. The van der Waals surface area contributed by atoms with Crippen molar-refractivity contribution in [1.29, 1.82) is 0 Å². The Hall–Kier alpha value is -0.860. The summed E-state index contributed by atoms with van der Waals surface area (Å²) in [7, 11) is 0. The van der Waals surface area contributed by atoms with Crippen LogP contribution in [0.3, 0.4) is 0 Å². The monoisotopic (exact) mass is 286 g/mol. The zero-order valence-electron chi connectivity index (χ0n) is 13.6. The Labute approximate surface area is 129 Å². The average molecular weight is 286 g/mol. The summed E-state index contributed by atoms with van der Waals surface area (Å²) in [6.45, 7) is 9.57. The molecule has 1 saturated heterocycles. The Morgan fingerprint density at radius 3 is 2.38 bits per heavy atom. The molecule has 0 unspecified atom stereocenters. The van der Waals surface area contributed by atoms with Crippen molar-refractivity contribution >= 4 is 0 Å². The second-order valence-corrected chi connectivity index (χ2v) is 7.36. The van der Waals surface area contributed by atoms with Crippen molar-refractivity contribution in [2.75, 3.05) is 26.2 Å². The first-order valence-corrected chi connectivity index (χ1v) is 8.70. The van der Waals surface area contributed by atoms with Crippen LogP contribution >= 0.6 is 0 Å². The van der Waals surface area contributed by atoms with Crippen LogP contribution in [0.15, 0.2) is 30.3 Å². The molecule has 0 radical (unpaired) electrons. The van der Waals surface area contributed by atoms with Crippen LogP contribution in [-0.2, 0) is 5.41 Å². The number of nitrogens with one attached hydrogen (secondary N) is 1. The molecule has 0 atom stereocenters. The fraction of sp³-hybridized carbons (Fsp3) is 0.684. The third-order valence-electron chi connectivity index (χ3n) is 5.37. The molecule has 1 heterocycles. The van der Waals surface area contributed by atoms with Gasteiger partial charge in [0.15, 0.2) is 0 Å². The van der Waals surface area contributed by atoms with Crippen LogP contribution in [0.2, 0.25) is 0 Å². The van der Waals surface area contributed by atoms with E-state index in [1.165, 1.54) is 38.8 Å². The molecule has 1 aliphatic heterocycles. The van der Waals surface area contributed by atoms with Gasteiger partial charge < -0.3 is 5.32 Å². The molecule has 3 rings (SSSR count). The van der Waals surface area contributed by atoms with Crippen molar-refractivity contribution in [2.45, 2.75) is 51.0 Å². The molecule has 0 spiro atoms. The van der Waals surface area contributed by atoms with Crippen molar-refractivity contribution in [3.63, 3.8) is 0 Å². The minimum Gasteiger partial charge on any atom is -0.317 e. The van der Waals surface area contributed by atoms with Gasteiger partial charge >= 0.3 is 0 Å². The Kier molecular flexibility index (Phi) is 4.66. The molecular formula is C19H30N2. The molecule has 1 saturated carbocycles. The predicted molar refractivity (Wildman–Crippen MR) is 89.7 cm³/mol. The molecule has 2 nitrogen and oxygen atoms in total. The number of hydrogen-bond acceptors (Lipinski definition) is 2. The van der Waals surface area contributed by atoms with Crippen molar-refractivity contribution in [3.05, 3.63) is 35.9 Å². The molecule has 0 amide bonds. The number of hydrogen-bond donors (Lipinski definition) is 1. The number of rotatable bonds is 6. The van der Waals surface area contributed by atoms with E-state index in [2.05, 4.69) is 54.4 Å². The molecule has 1 N–H and O–H groups in total. The molecule has 1 aromatic rings. The van der Waals surface area contributed by atoms with Crippen molar-refractivity contribution in [3.8, 4) is 0 Å². The standard InChI is InChI=1S/C19H30N2/c1-16(2)21(14-17-8-9-17)15-19(10-12-20-13-11-19)18-6-4-3-5-7-18/h3-7,16-17,20H,8-15H2,1-2H3. The van der Waals surface area contributed by atoms with Crippen molar-refractivity contribution < 1.29 is 0 Å².